The molecule has 9 nitrogen and oxygen atoms in total. The van der Waals surface area contributed by atoms with Gasteiger partial charge in [-0.05, 0) is 12.1 Å². The van der Waals surface area contributed by atoms with E-state index in [9.17, 15) is 25.0 Å². The molecule has 1 atom stereocenters. The number of benzene rings is 1. The van der Waals surface area contributed by atoms with Crippen LogP contribution in [-0.4, -0.2) is 29.9 Å². The summed E-state index contributed by atoms with van der Waals surface area (Å²) in [6.45, 7) is 0. The highest BCUT2D eigenvalue weighted by Gasteiger charge is 2.36. The average molecular weight is 452 g/mol. The average Bonchev–Trinajstić information content (AvgIpc) is 2.60. The van der Waals surface area contributed by atoms with Crippen molar-refractivity contribution in [1.29, 1.82) is 0 Å². The lowest BCUT2D eigenvalue weighted by molar-refractivity contribution is -0.394. The second-order valence-corrected chi connectivity index (χ2v) is 8.43. The minimum atomic E-state index is -1.95. The highest BCUT2D eigenvalue weighted by Crippen LogP contribution is 2.39. The summed E-state index contributed by atoms with van der Waals surface area (Å²) >= 11 is 18.6. The predicted octanol–water partition coefficient (Wildman–Crippen LogP) is 4.12. The molecule has 0 radical (unpaired) electrons. The number of carbonyl (C=O) groups excluding carboxylic acids is 1. The highest BCUT2D eigenvalue weighted by molar-refractivity contribution is 8.00. The van der Waals surface area contributed by atoms with Crippen LogP contribution < -0.4 is 5.32 Å². The summed E-state index contributed by atoms with van der Waals surface area (Å²) in [5.74, 6) is -0.887. The van der Waals surface area contributed by atoms with Gasteiger partial charge in [-0.2, -0.15) is 0 Å². The zero-order valence-corrected chi connectivity index (χ0v) is 16.1. The summed E-state index contributed by atoms with van der Waals surface area (Å²) in [5.41, 5.74) is -1.55. The maximum Gasteiger partial charge on any atom is 0.277 e. The zero-order valence-electron chi connectivity index (χ0n) is 13.0. The Kier molecular flexibility index (Phi) is 6.82. The Morgan fingerprint density at radius 2 is 1.70 bits per heavy atom. The van der Waals surface area contributed by atoms with E-state index < -0.39 is 36.3 Å². The van der Waals surface area contributed by atoms with Crippen LogP contribution in [0.25, 0.3) is 0 Å². The van der Waals surface area contributed by atoms with Crippen molar-refractivity contribution in [3.63, 3.8) is 0 Å². The molecule has 2 rings (SSSR count). The first kappa shape index (κ1) is 21.2. The summed E-state index contributed by atoms with van der Waals surface area (Å²) in [6, 6.07) is 7.52. The molecular weight excluding hydrogens is 443 g/mol. The molecule has 13 heteroatoms. The third-order valence-electron chi connectivity index (χ3n) is 3.02. The van der Waals surface area contributed by atoms with Gasteiger partial charge in [-0.15, -0.1) is 0 Å². The molecule has 1 aromatic carbocycles. The second-order valence-electron chi connectivity index (χ2n) is 4.93. The van der Waals surface area contributed by atoms with Crippen LogP contribution >= 0.6 is 46.6 Å². The molecule has 0 aliphatic rings. The molecular formula is C14H9Cl3N4O5S. The number of pyridine rings is 1. The highest BCUT2D eigenvalue weighted by atomic mass is 35.6. The number of alkyl halides is 3. The van der Waals surface area contributed by atoms with Gasteiger partial charge in [0.25, 0.3) is 17.3 Å². The minimum Gasteiger partial charge on any atom is -0.336 e. The fourth-order valence-electron chi connectivity index (χ4n) is 1.86. The van der Waals surface area contributed by atoms with E-state index in [1.165, 1.54) is 6.20 Å². The van der Waals surface area contributed by atoms with Gasteiger partial charge in [0.15, 0.2) is 0 Å². The van der Waals surface area contributed by atoms with E-state index >= 15 is 0 Å². The maximum absolute atomic E-state index is 12.5. The Morgan fingerprint density at radius 1 is 1.11 bits per heavy atom. The Balaban J connectivity index is 2.32. The molecule has 0 aliphatic heterocycles. The van der Waals surface area contributed by atoms with E-state index in [-0.39, 0.29) is 5.56 Å². The fraction of sp³-hybridized carbons (Fsp3) is 0.143. The first-order valence-electron chi connectivity index (χ1n) is 6.97. The van der Waals surface area contributed by atoms with E-state index in [1.54, 1.807) is 18.2 Å². The van der Waals surface area contributed by atoms with Gasteiger partial charge in [-0.1, -0.05) is 52.6 Å². The molecule has 0 saturated carbocycles. The SMILES string of the molecule is O=C(NC(Sc1ccccn1)C(Cl)(Cl)Cl)c1cc([N+](=O)[O-])cc([N+](=O)[O-])c1. The lowest BCUT2D eigenvalue weighted by Crippen LogP contribution is -2.41. The minimum absolute atomic E-state index is 0.322. The molecule has 0 bridgehead atoms. The molecule has 1 unspecified atom stereocenters. The summed E-state index contributed by atoms with van der Waals surface area (Å²) in [7, 11) is 0. The van der Waals surface area contributed by atoms with Crippen LogP contribution in [0.15, 0.2) is 47.6 Å². The van der Waals surface area contributed by atoms with Crippen LogP contribution in [0, 0.1) is 20.2 Å². The summed E-state index contributed by atoms with van der Waals surface area (Å²) < 4.78 is -1.95. The summed E-state index contributed by atoms with van der Waals surface area (Å²) in [6.07, 6.45) is 1.50. The Hall–Kier alpha value is -2.14. The topological polar surface area (TPSA) is 128 Å². The fourth-order valence-corrected chi connectivity index (χ4v) is 3.24. The normalized spacial score (nSPS) is 12.3. The number of hydrogen-bond donors (Lipinski definition) is 1. The first-order chi connectivity index (χ1) is 12.6. The lowest BCUT2D eigenvalue weighted by Gasteiger charge is -2.24. The van der Waals surface area contributed by atoms with Crippen molar-refractivity contribution < 1.29 is 14.6 Å². The van der Waals surface area contributed by atoms with Crippen molar-refractivity contribution in [1.82, 2.24) is 10.3 Å². The van der Waals surface area contributed by atoms with E-state index in [1.807, 2.05) is 0 Å². The number of aromatic nitrogens is 1. The summed E-state index contributed by atoms with van der Waals surface area (Å²) in [5, 5.41) is 23.6. The quantitative estimate of drug-likeness (QED) is 0.230. The van der Waals surface area contributed by atoms with Crippen LogP contribution in [0.5, 0.6) is 0 Å². The number of thioether (sulfide) groups is 1. The van der Waals surface area contributed by atoms with Gasteiger partial charge in [-0.25, -0.2) is 4.98 Å². The Morgan fingerprint density at radius 3 is 2.15 bits per heavy atom. The van der Waals surface area contributed by atoms with Gasteiger partial charge in [0.1, 0.15) is 5.37 Å². The molecule has 0 aliphatic carbocycles. The van der Waals surface area contributed by atoms with E-state index in [0.717, 1.165) is 30.0 Å². The first-order valence-corrected chi connectivity index (χ1v) is 8.98. The molecule has 1 amide bonds. The molecule has 1 heterocycles. The number of non-ortho nitro benzene ring substituents is 2. The van der Waals surface area contributed by atoms with Crippen LogP contribution in [0.2, 0.25) is 0 Å². The molecule has 142 valence electrons. The second kappa shape index (κ2) is 8.70. The number of amides is 1. The third kappa shape index (κ3) is 5.93. The van der Waals surface area contributed by atoms with Crippen LogP contribution in [-0.2, 0) is 0 Å². The van der Waals surface area contributed by atoms with Gasteiger partial charge in [0.2, 0.25) is 3.79 Å². The van der Waals surface area contributed by atoms with Gasteiger partial charge in [0, 0.05) is 18.3 Å². The van der Waals surface area contributed by atoms with Gasteiger partial charge in [-0.3, -0.25) is 25.0 Å². The largest absolute Gasteiger partial charge is 0.336 e. The molecule has 0 fully saturated rings. The number of carbonyl (C=O) groups is 1. The number of halogens is 3. The van der Waals surface area contributed by atoms with Crippen molar-refractivity contribution in [3.8, 4) is 0 Å². The lowest BCUT2D eigenvalue weighted by atomic mass is 10.1. The number of rotatable bonds is 6. The summed E-state index contributed by atoms with van der Waals surface area (Å²) in [4.78, 5) is 36.7. The number of nitrogens with zero attached hydrogens (tertiary/aromatic N) is 3. The molecule has 1 aromatic heterocycles. The Bertz CT molecular complexity index is 847. The number of nitro groups is 2. The molecule has 0 spiro atoms. The van der Waals surface area contributed by atoms with Crippen molar-refractivity contribution in [2.45, 2.75) is 14.2 Å². The molecule has 27 heavy (non-hydrogen) atoms. The predicted molar refractivity (Wildman–Crippen MR) is 101 cm³/mol. The maximum atomic E-state index is 12.5. The van der Waals surface area contributed by atoms with Crippen LogP contribution in [0.3, 0.4) is 0 Å². The standard InChI is InChI=1S/C14H9Cl3N4O5S/c15-14(16,17)13(27-11-3-1-2-4-18-11)19-12(22)8-5-9(20(23)24)7-10(6-8)21(25)26/h1-7,13H,(H,19,22). The van der Waals surface area contributed by atoms with E-state index in [0.29, 0.717) is 5.03 Å². The van der Waals surface area contributed by atoms with Crippen molar-refractivity contribution in [2.24, 2.45) is 0 Å². The van der Waals surface area contributed by atoms with Gasteiger partial charge < -0.3 is 5.32 Å². The third-order valence-corrected chi connectivity index (χ3v) is 5.26. The number of nitrogens with one attached hydrogen (secondary N) is 1. The molecule has 2 aromatic rings. The molecule has 1 N–H and O–H groups in total. The van der Waals surface area contributed by atoms with Crippen molar-refractivity contribution >= 4 is 63.8 Å². The van der Waals surface area contributed by atoms with E-state index in [4.69, 9.17) is 34.8 Å². The van der Waals surface area contributed by atoms with Gasteiger partial charge in [0.05, 0.1) is 26.5 Å². The zero-order chi connectivity index (χ0) is 20.2. The van der Waals surface area contributed by atoms with Gasteiger partial charge >= 0.3 is 0 Å². The van der Waals surface area contributed by atoms with Crippen molar-refractivity contribution in [3.05, 3.63) is 68.4 Å². The van der Waals surface area contributed by atoms with Crippen LogP contribution in [0.4, 0.5) is 11.4 Å². The Labute approximate surface area is 171 Å². The smallest absolute Gasteiger partial charge is 0.277 e. The van der Waals surface area contributed by atoms with Crippen LogP contribution in [0.1, 0.15) is 10.4 Å². The van der Waals surface area contributed by atoms with E-state index in [2.05, 4.69) is 10.3 Å². The molecule has 0 saturated heterocycles. The number of nitro benzene ring substituents is 2. The van der Waals surface area contributed by atoms with Crippen molar-refractivity contribution in [2.75, 3.05) is 0 Å². The monoisotopic (exact) mass is 450 g/mol. The number of hydrogen-bond acceptors (Lipinski definition) is 7.